The van der Waals surface area contributed by atoms with Gasteiger partial charge in [0.25, 0.3) is 5.91 Å². The van der Waals surface area contributed by atoms with Crippen molar-refractivity contribution in [1.29, 1.82) is 0 Å². The molecule has 108 valence electrons. The lowest BCUT2D eigenvalue weighted by molar-refractivity contribution is 0.0954. The van der Waals surface area contributed by atoms with Gasteiger partial charge >= 0.3 is 0 Å². The molecule has 2 aromatic carbocycles. The van der Waals surface area contributed by atoms with Gasteiger partial charge in [-0.2, -0.15) is 5.10 Å². The van der Waals surface area contributed by atoms with E-state index in [4.69, 9.17) is 0 Å². The van der Waals surface area contributed by atoms with Crippen molar-refractivity contribution < 1.29 is 15.0 Å². The minimum absolute atomic E-state index is 0.132. The summed E-state index contributed by atoms with van der Waals surface area (Å²) in [6.07, 6.45) is 0. The molecule has 5 heteroatoms. The van der Waals surface area contributed by atoms with Gasteiger partial charge in [-0.05, 0) is 31.5 Å². The summed E-state index contributed by atoms with van der Waals surface area (Å²) in [6.45, 7) is 3.78. The smallest absolute Gasteiger partial charge is 0.271 e. The summed E-state index contributed by atoms with van der Waals surface area (Å²) in [5.74, 6) is -0.869. The number of amides is 1. The van der Waals surface area contributed by atoms with Crippen LogP contribution in [0, 0.1) is 6.92 Å². The van der Waals surface area contributed by atoms with Gasteiger partial charge in [0.1, 0.15) is 11.5 Å². The van der Waals surface area contributed by atoms with Gasteiger partial charge in [-0.3, -0.25) is 4.79 Å². The van der Waals surface area contributed by atoms with E-state index in [1.54, 1.807) is 6.92 Å². The van der Waals surface area contributed by atoms with Crippen LogP contribution in [0.1, 0.15) is 28.4 Å². The maximum absolute atomic E-state index is 11.9. The van der Waals surface area contributed by atoms with Crippen LogP contribution in [0.25, 0.3) is 0 Å². The standard InChI is InChI=1S/C16H16N2O3/c1-10-3-5-12(6-4-10)11(2)17-18-16(21)13-7-14(19)9-15(20)8-13/h3-9,19-20H,1-2H3,(H,18,21)/b17-11-. The molecular weight excluding hydrogens is 268 g/mol. The van der Waals surface area contributed by atoms with E-state index in [9.17, 15) is 15.0 Å². The minimum atomic E-state index is -0.507. The van der Waals surface area contributed by atoms with E-state index >= 15 is 0 Å². The van der Waals surface area contributed by atoms with E-state index in [1.165, 1.54) is 12.1 Å². The summed E-state index contributed by atoms with van der Waals surface area (Å²) in [5.41, 5.74) is 5.23. The van der Waals surface area contributed by atoms with Crippen molar-refractivity contribution in [1.82, 2.24) is 5.43 Å². The number of nitrogens with one attached hydrogen (secondary N) is 1. The average molecular weight is 284 g/mol. The van der Waals surface area contributed by atoms with Gasteiger partial charge in [-0.1, -0.05) is 29.8 Å². The Balaban J connectivity index is 2.12. The van der Waals surface area contributed by atoms with Crippen LogP contribution in [0.3, 0.4) is 0 Å². The van der Waals surface area contributed by atoms with Crippen LogP contribution in [0.5, 0.6) is 11.5 Å². The molecule has 0 aromatic heterocycles. The number of aryl methyl sites for hydroxylation is 1. The Morgan fingerprint density at radius 1 is 1.00 bits per heavy atom. The van der Waals surface area contributed by atoms with Crippen molar-refractivity contribution in [3.63, 3.8) is 0 Å². The molecule has 2 rings (SSSR count). The monoisotopic (exact) mass is 284 g/mol. The number of hydrogen-bond acceptors (Lipinski definition) is 4. The second-order valence-electron chi connectivity index (χ2n) is 4.74. The van der Waals surface area contributed by atoms with Crippen LogP contribution in [0.4, 0.5) is 0 Å². The Kier molecular flexibility index (Phi) is 4.23. The molecule has 0 bridgehead atoms. The van der Waals surface area contributed by atoms with Gasteiger partial charge < -0.3 is 10.2 Å². The maximum atomic E-state index is 11.9. The van der Waals surface area contributed by atoms with E-state index in [2.05, 4.69) is 10.5 Å². The molecular formula is C16H16N2O3. The van der Waals surface area contributed by atoms with Gasteiger partial charge in [0, 0.05) is 11.6 Å². The van der Waals surface area contributed by atoms with Crippen LogP contribution >= 0.6 is 0 Å². The lowest BCUT2D eigenvalue weighted by Crippen LogP contribution is -2.19. The molecule has 0 aliphatic rings. The molecule has 0 atom stereocenters. The molecule has 1 amide bonds. The van der Waals surface area contributed by atoms with Gasteiger partial charge in [0.15, 0.2) is 0 Å². The van der Waals surface area contributed by atoms with Crippen molar-refractivity contribution in [2.24, 2.45) is 5.10 Å². The third-order valence-corrected chi connectivity index (χ3v) is 2.96. The van der Waals surface area contributed by atoms with Crippen molar-refractivity contribution in [2.75, 3.05) is 0 Å². The molecule has 3 N–H and O–H groups in total. The summed E-state index contributed by atoms with van der Waals surface area (Å²) < 4.78 is 0. The van der Waals surface area contributed by atoms with E-state index in [0.29, 0.717) is 5.71 Å². The highest BCUT2D eigenvalue weighted by Gasteiger charge is 2.08. The van der Waals surface area contributed by atoms with Crippen molar-refractivity contribution in [3.8, 4) is 11.5 Å². The first-order chi connectivity index (χ1) is 9.95. The largest absolute Gasteiger partial charge is 0.508 e. The molecule has 5 nitrogen and oxygen atoms in total. The highest BCUT2D eigenvalue weighted by atomic mass is 16.3. The van der Waals surface area contributed by atoms with Crippen molar-refractivity contribution in [2.45, 2.75) is 13.8 Å². The number of benzene rings is 2. The number of phenolic OH excluding ortho intramolecular Hbond substituents is 2. The molecule has 0 spiro atoms. The third-order valence-electron chi connectivity index (χ3n) is 2.96. The number of rotatable bonds is 3. The first kappa shape index (κ1) is 14.6. The second-order valence-corrected chi connectivity index (χ2v) is 4.74. The van der Waals surface area contributed by atoms with Gasteiger partial charge in [0.05, 0.1) is 5.71 Å². The van der Waals surface area contributed by atoms with Gasteiger partial charge in [0.2, 0.25) is 0 Å². The quantitative estimate of drug-likeness (QED) is 0.598. The van der Waals surface area contributed by atoms with Crippen LogP contribution in [-0.2, 0) is 0 Å². The Labute approximate surface area is 122 Å². The summed E-state index contributed by atoms with van der Waals surface area (Å²) in [5, 5.41) is 22.7. The second kappa shape index (κ2) is 6.09. The van der Waals surface area contributed by atoms with E-state index < -0.39 is 5.91 Å². The highest BCUT2D eigenvalue weighted by molar-refractivity contribution is 6.01. The zero-order valence-electron chi connectivity index (χ0n) is 11.8. The molecule has 0 aliphatic heterocycles. The number of nitrogens with zero attached hydrogens (tertiary/aromatic N) is 1. The molecule has 21 heavy (non-hydrogen) atoms. The van der Waals surface area contributed by atoms with Crippen LogP contribution in [-0.4, -0.2) is 21.8 Å². The average Bonchev–Trinajstić information content (AvgIpc) is 2.44. The van der Waals surface area contributed by atoms with E-state index in [0.717, 1.165) is 17.2 Å². The number of carbonyl (C=O) groups excluding carboxylic acids is 1. The Morgan fingerprint density at radius 3 is 2.14 bits per heavy atom. The summed E-state index contributed by atoms with van der Waals surface area (Å²) in [7, 11) is 0. The molecule has 0 saturated heterocycles. The fourth-order valence-electron chi connectivity index (χ4n) is 1.78. The van der Waals surface area contributed by atoms with Gasteiger partial charge in [-0.25, -0.2) is 5.43 Å². The fourth-order valence-corrected chi connectivity index (χ4v) is 1.78. The minimum Gasteiger partial charge on any atom is -0.508 e. The van der Waals surface area contributed by atoms with Crippen molar-refractivity contribution >= 4 is 11.6 Å². The Bertz CT molecular complexity index is 671. The van der Waals surface area contributed by atoms with Crippen LogP contribution < -0.4 is 5.43 Å². The molecule has 0 aliphatic carbocycles. The lowest BCUT2D eigenvalue weighted by atomic mass is 10.1. The predicted molar refractivity (Wildman–Crippen MR) is 80.6 cm³/mol. The summed E-state index contributed by atoms with van der Waals surface area (Å²) in [4.78, 5) is 11.9. The molecule has 2 aromatic rings. The first-order valence-corrected chi connectivity index (χ1v) is 6.40. The number of hydrogen-bond donors (Lipinski definition) is 3. The zero-order chi connectivity index (χ0) is 15.4. The molecule has 0 fully saturated rings. The lowest BCUT2D eigenvalue weighted by Gasteiger charge is -2.04. The van der Waals surface area contributed by atoms with Crippen LogP contribution in [0.15, 0.2) is 47.6 Å². The number of carbonyl (C=O) groups is 1. The summed E-state index contributed by atoms with van der Waals surface area (Å²) >= 11 is 0. The van der Waals surface area contributed by atoms with Crippen LogP contribution in [0.2, 0.25) is 0 Å². The third kappa shape index (κ3) is 3.82. The summed E-state index contributed by atoms with van der Waals surface area (Å²) in [6, 6.07) is 11.4. The predicted octanol–water partition coefficient (Wildman–Crippen LogP) is 2.56. The normalized spacial score (nSPS) is 11.2. The Morgan fingerprint density at radius 2 is 1.57 bits per heavy atom. The maximum Gasteiger partial charge on any atom is 0.271 e. The van der Waals surface area contributed by atoms with Crippen molar-refractivity contribution in [3.05, 3.63) is 59.2 Å². The number of phenols is 2. The number of hydrazone groups is 1. The molecule has 0 saturated carbocycles. The van der Waals surface area contributed by atoms with E-state index in [-0.39, 0.29) is 17.1 Å². The number of aromatic hydroxyl groups is 2. The fraction of sp³-hybridized carbons (Fsp3) is 0.125. The Hall–Kier alpha value is -2.82. The molecule has 0 radical (unpaired) electrons. The van der Waals surface area contributed by atoms with E-state index in [1.807, 2.05) is 31.2 Å². The first-order valence-electron chi connectivity index (χ1n) is 6.40. The van der Waals surface area contributed by atoms with Gasteiger partial charge in [-0.15, -0.1) is 0 Å². The SMILES string of the molecule is C/C(=N/NC(=O)c1cc(O)cc(O)c1)c1ccc(C)cc1. The zero-order valence-corrected chi connectivity index (χ0v) is 11.8. The molecule has 0 heterocycles. The molecule has 0 unspecified atom stereocenters. The topological polar surface area (TPSA) is 81.9 Å². The highest BCUT2D eigenvalue weighted by Crippen LogP contribution is 2.20.